The van der Waals surface area contributed by atoms with Crippen LogP contribution in [-0.2, 0) is 11.3 Å². The van der Waals surface area contributed by atoms with E-state index in [0.717, 1.165) is 11.3 Å². The largest absolute Gasteiger partial charge is 0.497 e. The van der Waals surface area contributed by atoms with E-state index in [1.54, 1.807) is 31.4 Å². The van der Waals surface area contributed by atoms with Crippen molar-refractivity contribution in [1.82, 2.24) is 15.3 Å². The van der Waals surface area contributed by atoms with Gasteiger partial charge in [-0.2, -0.15) is 0 Å². The normalized spacial score (nSPS) is 10.1. The Morgan fingerprint density at radius 3 is 2.48 bits per heavy atom. The molecule has 29 heavy (non-hydrogen) atoms. The fourth-order valence-corrected chi connectivity index (χ4v) is 2.56. The second kappa shape index (κ2) is 9.32. The number of carbonyl (C=O) groups excluding carboxylic acids is 2. The molecule has 0 spiro atoms. The lowest BCUT2D eigenvalue weighted by Crippen LogP contribution is -2.24. The second-order valence-corrected chi connectivity index (χ2v) is 5.96. The average molecular weight is 392 g/mol. The van der Waals surface area contributed by atoms with E-state index in [9.17, 15) is 9.59 Å². The number of hydrogen-bond acceptors (Lipinski definition) is 7. The monoisotopic (exact) mass is 392 g/mol. The molecule has 1 aromatic heterocycles. The number of para-hydroxylation sites is 1. The molecule has 0 bridgehead atoms. The van der Waals surface area contributed by atoms with Crippen molar-refractivity contribution in [1.29, 1.82) is 0 Å². The van der Waals surface area contributed by atoms with E-state index < -0.39 is 5.97 Å². The SMILES string of the molecule is COC(=O)c1ccccc1Nc1nccc(C(=O)NCc2ccc(OC)cc2)n1. The van der Waals surface area contributed by atoms with Crippen LogP contribution in [0.25, 0.3) is 0 Å². The fraction of sp³-hybridized carbons (Fsp3) is 0.143. The topological polar surface area (TPSA) is 102 Å². The number of anilines is 2. The Bertz CT molecular complexity index is 1010. The molecule has 0 aliphatic heterocycles. The Morgan fingerprint density at radius 1 is 1.00 bits per heavy atom. The van der Waals surface area contributed by atoms with Gasteiger partial charge in [-0.3, -0.25) is 4.79 Å². The highest BCUT2D eigenvalue weighted by atomic mass is 16.5. The van der Waals surface area contributed by atoms with Crippen LogP contribution in [0.4, 0.5) is 11.6 Å². The lowest BCUT2D eigenvalue weighted by Gasteiger charge is -2.10. The zero-order valence-electron chi connectivity index (χ0n) is 16.0. The van der Waals surface area contributed by atoms with Gasteiger partial charge in [-0.25, -0.2) is 14.8 Å². The summed E-state index contributed by atoms with van der Waals surface area (Å²) < 4.78 is 9.89. The molecular weight excluding hydrogens is 372 g/mol. The molecule has 3 aromatic rings. The third-order valence-electron chi connectivity index (χ3n) is 4.08. The maximum absolute atomic E-state index is 12.4. The number of benzene rings is 2. The summed E-state index contributed by atoms with van der Waals surface area (Å²) in [6, 6.07) is 15.7. The highest BCUT2D eigenvalue weighted by molar-refractivity contribution is 5.96. The van der Waals surface area contributed by atoms with Crippen LogP contribution in [0, 0.1) is 0 Å². The smallest absolute Gasteiger partial charge is 0.339 e. The number of carbonyl (C=O) groups is 2. The quantitative estimate of drug-likeness (QED) is 0.596. The minimum Gasteiger partial charge on any atom is -0.497 e. The van der Waals surface area contributed by atoms with Gasteiger partial charge in [0, 0.05) is 12.7 Å². The van der Waals surface area contributed by atoms with Gasteiger partial charge in [0.25, 0.3) is 5.91 Å². The lowest BCUT2D eigenvalue weighted by molar-refractivity contribution is 0.0601. The molecule has 8 heteroatoms. The molecule has 1 heterocycles. The van der Waals surface area contributed by atoms with Gasteiger partial charge in [0.1, 0.15) is 11.4 Å². The number of hydrogen-bond donors (Lipinski definition) is 2. The van der Waals surface area contributed by atoms with Crippen LogP contribution in [0.15, 0.2) is 60.8 Å². The molecule has 0 saturated carbocycles. The van der Waals surface area contributed by atoms with Crippen molar-refractivity contribution in [3.63, 3.8) is 0 Å². The van der Waals surface area contributed by atoms with Crippen LogP contribution in [0.5, 0.6) is 5.75 Å². The number of amides is 1. The van der Waals surface area contributed by atoms with Crippen molar-refractivity contribution in [3.8, 4) is 5.75 Å². The molecular formula is C21H20N4O4. The predicted molar refractivity (Wildman–Crippen MR) is 107 cm³/mol. The van der Waals surface area contributed by atoms with E-state index in [2.05, 4.69) is 20.6 Å². The maximum atomic E-state index is 12.4. The van der Waals surface area contributed by atoms with Crippen molar-refractivity contribution >= 4 is 23.5 Å². The lowest BCUT2D eigenvalue weighted by atomic mass is 10.2. The van der Waals surface area contributed by atoms with Gasteiger partial charge in [-0.05, 0) is 35.9 Å². The molecule has 2 N–H and O–H groups in total. The van der Waals surface area contributed by atoms with E-state index in [1.165, 1.54) is 19.4 Å². The Labute approximate surface area is 167 Å². The van der Waals surface area contributed by atoms with Crippen molar-refractivity contribution in [2.75, 3.05) is 19.5 Å². The van der Waals surface area contributed by atoms with Crippen LogP contribution in [0.2, 0.25) is 0 Å². The third-order valence-corrected chi connectivity index (χ3v) is 4.08. The molecule has 1 amide bonds. The molecule has 3 rings (SSSR count). The van der Waals surface area contributed by atoms with Crippen LogP contribution in [-0.4, -0.2) is 36.1 Å². The highest BCUT2D eigenvalue weighted by Crippen LogP contribution is 2.19. The van der Waals surface area contributed by atoms with Crippen molar-refractivity contribution in [3.05, 3.63) is 77.6 Å². The zero-order chi connectivity index (χ0) is 20.6. The Kier molecular flexibility index (Phi) is 6.36. The maximum Gasteiger partial charge on any atom is 0.339 e. The summed E-state index contributed by atoms with van der Waals surface area (Å²) in [4.78, 5) is 32.7. The van der Waals surface area contributed by atoms with E-state index in [-0.39, 0.29) is 17.5 Å². The third kappa shape index (κ3) is 5.07. The molecule has 2 aromatic carbocycles. The van der Waals surface area contributed by atoms with Crippen molar-refractivity contribution in [2.45, 2.75) is 6.54 Å². The van der Waals surface area contributed by atoms with Crippen LogP contribution in [0.1, 0.15) is 26.4 Å². The Morgan fingerprint density at radius 2 is 1.76 bits per heavy atom. The molecule has 0 atom stereocenters. The molecule has 148 valence electrons. The highest BCUT2D eigenvalue weighted by Gasteiger charge is 2.13. The summed E-state index contributed by atoms with van der Waals surface area (Å²) in [6.07, 6.45) is 1.47. The van der Waals surface area contributed by atoms with Crippen molar-refractivity contribution < 1.29 is 19.1 Å². The minimum atomic E-state index is -0.485. The predicted octanol–water partition coefficient (Wildman–Crippen LogP) is 2.95. The minimum absolute atomic E-state index is 0.193. The zero-order valence-corrected chi connectivity index (χ0v) is 16.0. The number of methoxy groups -OCH3 is 2. The number of aromatic nitrogens is 2. The van der Waals surface area contributed by atoms with Gasteiger partial charge in [0.15, 0.2) is 0 Å². The Balaban J connectivity index is 1.69. The number of ether oxygens (including phenoxy) is 2. The molecule has 0 unspecified atom stereocenters. The number of nitrogens with zero attached hydrogens (tertiary/aromatic N) is 2. The molecule has 8 nitrogen and oxygen atoms in total. The van der Waals surface area contributed by atoms with Gasteiger partial charge >= 0.3 is 5.97 Å². The second-order valence-electron chi connectivity index (χ2n) is 5.96. The average Bonchev–Trinajstić information content (AvgIpc) is 2.78. The standard InChI is InChI=1S/C21H20N4O4/c1-28-15-9-7-14(8-10-15)13-23-19(26)18-11-12-22-21(25-18)24-17-6-4-3-5-16(17)20(27)29-2/h3-12H,13H2,1-2H3,(H,23,26)(H,22,24,25). The molecule has 0 fully saturated rings. The van der Waals surface area contributed by atoms with E-state index >= 15 is 0 Å². The first-order valence-corrected chi connectivity index (χ1v) is 8.79. The number of nitrogens with one attached hydrogen (secondary N) is 2. The number of rotatable bonds is 7. The van der Waals surface area contributed by atoms with Gasteiger partial charge in [-0.1, -0.05) is 24.3 Å². The molecule has 0 aliphatic carbocycles. The first-order chi connectivity index (χ1) is 14.1. The molecule has 0 radical (unpaired) electrons. The van der Waals surface area contributed by atoms with E-state index in [4.69, 9.17) is 9.47 Å². The van der Waals surface area contributed by atoms with Gasteiger partial charge in [0.2, 0.25) is 5.95 Å². The summed E-state index contributed by atoms with van der Waals surface area (Å²) >= 11 is 0. The van der Waals surface area contributed by atoms with Crippen LogP contribution in [0.3, 0.4) is 0 Å². The number of esters is 1. The van der Waals surface area contributed by atoms with Crippen LogP contribution >= 0.6 is 0 Å². The fourth-order valence-electron chi connectivity index (χ4n) is 2.56. The molecule has 0 aliphatic rings. The first-order valence-electron chi connectivity index (χ1n) is 8.79. The van der Waals surface area contributed by atoms with Gasteiger partial charge in [-0.15, -0.1) is 0 Å². The summed E-state index contributed by atoms with van der Waals surface area (Å²) in [6.45, 7) is 0.348. The van der Waals surface area contributed by atoms with E-state index in [0.29, 0.717) is 17.8 Å². The van der Waals surface area contributed by atoms with Gasteiger partial charge in [0.05, 0.1) is 25.5 Å². The van der Waals surface area contributed by atoms with Crippen molar-refractivity contribution in [2.24, 2.45) is 0 Å². The van der Waals surface area contributed by atoms with Gasteiger partial charge < -0.3 is 20.1 Å². The summed E-state index contributed by atoms with van der Waals surface area (Å²) in [5, 5.41) is 5.76. The molecule has 0 saturated heterocycles. The summed E-state index contributed by atoms with van der Waals surface area (Å²) in [5.74, 6) is 0.117. The van der Waals surface area contributed by atoms with Crippen LogP contribution < -0.4 is 15.4 Å². The van der Waals surface area contributed by atoms with E-state index in [1.807, 2.05) is 24.3 Å². The summed E-state index contributed by atoms with van der Waals surface area (Å²) in [7, 11) is 2.91. The first kappa shape index (κ1) is 19.8. The Hall–Kier alpha value is -3.94. The summed E-state index contributed by atoms with van der Waals surface area (Å²) in [5.41, 5.74) is 1.95.